The highest BCUT2D eigenvalue weighted by atomic mass is 16.1. The lowest BCUT2D eigenvalue weighted by atomic mass is 9.61. The summed E-state index contributed by atoms with van der Waals surface area (Å²) in [6, 6.07) is 0. The molecule has 4 atom stereocenters. The Hall–Kier alpha value is -1.57. The van der Waals surface area contributed by atoms with Crippen molar-refractivity contribution >= 4 is 5.91 Å². The number of carbonyl (C=O) groups excluding carboxylic acids is 1. The van der Waals surface area contributed by atoms with Gasteiger partial charge in [0.2, 0.25) is 5.91 Å². The lowest BCUT2D eigenvalue weighted by Gasteiger charge is -2.44. The average Bonchev–Trinajstić information content (AvgIpc) is 2.77. The predicted octanol–water partition coefficient (Wildman–Crippen LogP) is 4.06. The van der Waals surface area contributed by atoms with Crippen LogP contribution in [0, 0.1) is 23.7 Å². The summed E-state index contributed by atoms with van der Waals surface area (Å²) in [5, 5.41) is 0. The van der Waals surface area contributed by atoms with Crippen molar-refractivity contribution in [3.8, 4) is 0 Å². The van der Waals surface area contributed by atoms with Crippen LogP contribution in [0.4, 0.5) is 0 Å². The molecule has 4 aliphatic carbocycles. The highest BCUT2D eigenvalue weighted by molar-refractivity contribution is 5.78. The molecule has 1 amide bonds. The largest absolute Gasteiger partial charge is 0.369 e. The minimum atomic E-state index is -0.133. The van der Waals surface area contributed by atoms with Crippen molar-refractivity contribution in [2.24, 2.45) is 29.4 Å². The predicted molar refractivity (Wildman–Crippen MR) is 88.9 cm³/mol. The van der Waals surface area contributed by atoms with Gasteiger partial charge in [0.25, 0.3) is 0 Å². The van der Waals surface area contributed by atoms with Gasteiger partial charge in [-0.2, -0.15) is 0 Å². The Kier molecular flexibility index (Phi) is 3.56. The first-order valence-corrected chi connectivity index (χ1v) is 8.82. The fourth-order valence-corrected chi connectivity index (χ4v) is 5.18. The van der Waals surface area contributed by atoms with Crippen LogP contribution in [-0.2, 0) is 4.79 Å². The molecule has 0 aliphatic heterocycles. The SMILES string of the molecule is NC(=O)C1CC=CC=C2C3=CC=C4CCCCC4C3CCC21. The van der Waals surface area contributed by atoms with E-state index in [1.54, 1.807) is 5.57 Å². The minimum absolute atomic E-state index is 0.0245. The van der Waals surface area contributed by atoms with Crippen molar-refractivity contribution < 1.29 is 4.79 Å². The van der Waals surface area contributed by atoms with Crippen molar-refractivity contribution in [2.75, 3.05) is 0 Å². The molecule has 2 nitrogen and oxygen atoms in total. The summed E-state index contributed by atoms with van der Waals surface area (Å²) in [7, 11) is 0. The molecule has 4 rings (SSSR count). The number of primary amides is 1. The number of hydrogen-bond acceptors (Lipinski definition) is 1. The fraction of sp³-hybridized carbons (Fsp3) is 0.550. The smallest absolute Gasteiger partial charge is 0.221 e. The van der Waals surface area contributed by atoms with Gasteiger partial charge in [-0.1, -0.05) is 42.4 Å². The second-order valence-electron chi connectivity index (χ2n) is 7.30. The van der Waals surface area contributed by atoms with E-state index in [0.29, 0.717) is 11.8 Å². The van der Waals surface area contributed by atoms with Gasteiger partial charge in [0, 0.05) is 5.92 Å². The first kappa shape index (κ1) is 14.0. The summed E-state index contributed by atoms with van der Waals surface area (Å²) >= 11 is 0. The van der Waals surface area contributed by atoms with Crippen LogP contribution < -0.4 is 5.73 Å². The van der Waals surface area contributed by atoms with Crippen LogP contribution in [-0.4, -0.2) is 5.91 Å². The first-order valence-electron chi connectivity index (χ1n) is 8.82. The molecule has 2 heteroatoms. The Morgan fingerprint density at radius 3 is 2.64 bits per heavy atom. The maximum atomic E-state index is 11.9. The highest BCUT2D eigenvalue weighted by Gasteiger charge is 2.41. The van der Waals surface area contributed by atoms with Crippen LogP contribution in [0.3, 0.4) is 0 Å². The van der Waals surface area contributed by atoms with Crippen molar-refractivity contribution in [1.82, 2.24) is 0 Å². The Bertz CT molecular complexity index is 607. The summed E-state index contributed by atoms with van der Waals surface area (Å²) in [4.78, 5) is 11.9. The monoisotopic (exact) mass is 295 g/mol. The molecule has 22 heavy (non-hydrogen) atoms. The molecule has 0 aromatic carbocycles. The zero-order chi connectivity index (χ0) is 15.1. The quantitative estimate of drug-likeness (QED) is 0.779. The van der Waals surface area contributed by atoms with E-state index in [4.69, 9.17) is 5.73 Å². The molecule has 4 unspecified atom stereocenters. The van der Waals surface area contributed by atoms with Gasteiger partial charge >= 0.3 is 0 Å². The molecule has 2 saturated carbocycles. The zero-order valence-electron chi connectivity index (χ0n) is 13.1. The van der Waals surface area contributed by atoms with Gasteiger partial charge in [-0.15, -0.1) is 0 Å². The van der Waals surface area contributed by atoms with Crippen molar-refractivity contribution in [2.45, 2.75) is 44.9 Å². The topological polar surface area (TPSA) is 43.1 Å². The minimum Gasteiger partial charge on any atom is -0.369 e. The number of rotatable bonds is 1. The molecule has 2 N–H and O–H groups in total. The van der Waals surface area contributed by atoms with Gasteiger partial charge < -0.3 is 5.73 Å². The van der Waals surface area contributed by atoms with Crippen LogP contribution in [0.5, 0.6) is 0 Å². The van der Waals surface area contributed by atoms with E-state index in [1.807, 2.05) is 0 Å². The van der Waals surface area contributed by atoms with Crippen molar-refractivity contribution in [3.63, 3.8) is 0 Å². The first-order chi connectivity index (χ1) is 10.8. The Labute approximate surface area is 132 Å². The number of carbonyl (C=O) groups is 1. The van der Waals surface area contributed by atoms with E-state index in [2.05, 4.69) is 30.4 Å². The normalized spacial score (nSPS) is 36.8. The molecule has 0 bridgehead atoms. The molecule has 0 aromatic heterocycles. The van der Waals surface area contributed by atoms with Gasteiger partial charge in [-0.25, -0.2) is 0 Å². The third kappa shape index (κ3) is 2.20. The standard InChI is InChI=1S/C20H25NO/c21-20(22)19-8-4-3-7-15-17-10-9-13-5-1-2-6-14(13)16(17)11-12-18(15)19/h3-4,7,9-10,14,16,18-19H,1-2,5-6,8,11-12H2,(H2,21,22). The van der Waals surface area contributed by atoms with Gasteiger partial charge in [0.15, 0.2) is 0 Å². The van der Waals surface area contributed by atoms with Crippen LogP contribution in [0.1, 0.15) is 44.9 Å². The van der Waals surface area contributed by atoms with Gasteiger partial charge in [-0.05, 0) is 67.4 Å². The summed E-state index contributed by atoms with van der Waals surface area (Å²) < 4.78 is 0. The summed E-state index contributed by atoms with van der Waals surface area (Å²) in [5.74, 6) is 1.61. The van der Waals surface area contributed by atoms with Crippen LogP contribution in [0.2, 0.25) is 0 Å². The van der Waals surface area contributed by atoms with E-state index in [1.165, 1.54) is 43.3 Å². The lowest BCUT2D eigenvalue weighted by Crippen LogP contribution is -2.37. The maximum absolute atomic E-state index is 11.9. The van der Waals surface area contributed by atoms with E-state index in [9.17, 15) is 4.79 Å². The summed E-state index contributed by atoms with van der Waals surface area (Å²) in [6.07, 6.45) is 19.7. The second-order valence-corrected chi connectivity index (χ2v) is 7.30. The summed E-state index contributed by atoms with van der Waals surface area (Å²) in [5.41, 5.74) is 10.3. The number of amides is 1. The number of fused-ring (bicyclic) bond motifs is 5. The van der Waals surface area contributed by atoms with Gasteiger partial charge in [0.05, 0.1) is 0 Å². The maximum Gasteiger partial charge on any atom is 0.221 e. The molecule has 4 aliphatic rings. The molecule has 0 saturated heterocycles. The Morgan fingerprint density at radius 1 is 0.955 bits per heavy atom. The summed E-state index contributed by atoms with van der Waals surface area (Å²) in [6.45, 7) is 0. The zero-order valence-corrected chi connectivity index (χ0v) is 13.1. The number of nitrogens with two attached hydrogens (primary N) is 1. The van der Waals surface area contributed by atoms with E-state index in [-0.39, 0.29) is 11.8 Å². The fourth-order valence-electron chi connectivity index (χ4n) is 5.18. The Balaban J connectivity index is 1.72. The van der Waals surface area contributed by atoms with Gasteiger partial charge in [-0.3, -0.25) is 4.79 Å². The lowest BCUT2D eigenvalue weighted by molar-refractivity contribution is -0.123. The Morgan fingerprint density at radius 2 is 1.77 bits per heavy atom. The van der Waals surface area contributed by atoms with E-state index < -0.39 is 0 Å². The molecule has 0 spiro atoms. The van der Waals surface area contributed by atoms with E-state index in [0.717, 1.165) is 18.8 Å². The second kappa shape index (κ2) is 5.57. The molecule has 0 heterocycles. The molecular formula is C20H25NO. The molecular weight excluding hydrogens is 270 g/mol. The average molecular weight is 295 g/mol. The third-order valence-corrected chi connectivity index (χ3v) is 6.24. The van der Waals surface area contributed by atoms with Crippen LogP contribution in [0.25, 0.3) is 0 Å². The van der Waals surface area contributed by atoms with E-state index >= 15 is 0 Å². The molecule has 0 aromatic rings. The van der Waals surface area contributed by atoms with Crippen molar-refractivity contribution in [3.05, 3.63) is 47.1 Å². The van der Waals surface area contributed by atoms with Crippen LogP contribution >= 0.6 is 0 Å². The van der Waals surface area contributed by atoms with Crippen LogP contribution in [0.15, 0.2) is 47.1 Å². The molecule has 2 fully saturated rings. The number of hydrogen-bond donors (Lipinski definition) is 1. The number of allylic oxidation sites excluding steroid dienone is 8. The third-order valence-electron chi connectivity index (χ3n) is 6.24. The van der Waals surface area contributed by atoms with Crippen molar-refractivity contribution in [1.29, 1.82) is 0 Å². The van der Waals surface area contributed by atoms with Gasteiger partial charge in [0.1, 0.15) is 0 Å². The molecule has 116 valence electrons. The highest BCUT2D eigenvalue weighted by Crippen LogP contribution is 2.51. The molecule has 0 radical (unpaired) electrons.